The van der Waals surface area contributed by atoms with Gasteiger partial charge in [0.25, 0.3) is 0 Å². The zero-order chi connectivity index (χ0) is 20.1. The number of nitrogens with zero attached hydrogens (tertiary/aromatic N) is 2. The Labute approximate surface area is 167 Å². The third kappa shape index (κ3) is 4.23. The molecule has 0 unspecified atom stereocenters. The van der Waals surface area contributed by atoms with Crippen molar-refractivity contribution in [1.82, 2.24) is 14.9 Å². The third-order valence-corrected chi connectivity index (χ3v) is 5.20. The molecule has 2 aromatic heterocycles. The zero-order valence-corrected chi connectivity index (χ0v) is 17.0. The molecule has 1 atom stereocenters. The van der Waals surface area contributed by atoms with Crippen LogP contribution >= 0.6 is 11.3 Å². The quantitative estimate of drug-likeness (QED) is 0.565. The van der Waals surface area contributed by atoms with Crippen LogP contribution in [0.5, 0.6) is 0 Å². The molecule has 0 saturated heterocycles. The number of imidazole rings is 1. The third-order valence-electron chi connectivity index (χ3n) is 4.37. The van der Waals surface area contributed by atoms with E-state index in [1.165, 1.54) is 11.3 Å². The van der Waals surface area contributed by atoms with Gasteiger partial charge in [-0.15, -0.1) is 11.3 Å². The fourth-order valence-corrected chi connectivity index (χ4v) is 3.83. The molecule has 7 nitrogen and oxygen atoms in total. The summed E-state index contributed by atoms with van der Waals surface area (Å²) < 4.78 is 7.15. The molecule has 0 fully saturated rings. The van der Waals surface area contributed by atoms with Crippen molar-refractivity contribution in [2.75, 3.05) is 18.5 Å². The summed E-state index contributed by atoms with van der Waals surface area (Å²) in [6.07, 6.45) is 0. The molecule has 0 spiro atoms. The molecule has 0 aliphatic rings. The number of para-hydroxylation sites is 2. The first-order valence-corrected chi connectivity index (χ1v) is 10.2. The predicted molar refractivity (Wildman–Crippen MR) is 111 cm³/mol. The number of rotatable bonds is 8. The Hall–Kier alpha value is -2.71. The van der Waals surface area contributed by atoms with Crippen molar-refractivity contribution < 1.29 is 14.3 Å². The molecular formula is C20H24N4O3S. The molecule has 0 saturated carbocycles. The van der Waals surface area contributed by atoms with Crippen LogP contribution in [-0.2, 0) is 16.1 Å². The summed E-state index contributed by atoms with van der Waals surface area (Å²) in [7, 11) is 0. The number of anilines is 1. The van der Waals surface area contributed by atoms with E-state index < -0.39 is 5.97 Å². The molecule has 0 aliphatic carbocycles. The number of hydrogen-bond acceptors (Lipinski definition) is 6. The summed E-state index contributed by atoms with van der Waals surface area (Å²) >= 11 is 1.29. The van der Waals surface area contributed by atoms with Gasteiger partial charge in [-0.2, -0.15) is 0 Å². The number of thiophene rings is 1. The monoisotopic (exact) mass is 400 g/mol. The molecule has 0 aliphatic heterocycles. The average Bonchev–Trinajstić information content (AvgIpc) is 3.30. The highest BCUT2D eigenvalue weighted by Crippen LogP contribution is 2.24. The van der Waals surface area contributed by atoms with Crippen molar-refractivity contribution in [3.63, 3.8) is 0 Å². The van der Waals surface area contributed by atoms with Crippen molar-refractivity contribution in [2.24, 2.45) is 0 Å². The van der Waals surface area contributed by atoms with Gasteiger partial charge in [0.1, 0.15) is 10.8 Å². The van der Waals surface area contributed by atoms with Gasteiger partial charge in [0.15, 0.2) is 0 Å². The van der Waals surface area contributed by atoms with Crippen LogP contribution < -0.4 is 10.6 Å². The number of fused-ring (bicyclic) bond motifs is 1. The number of benzene rings is 1. The summed E-state index contributed by atoms with van der Waals surface area (Å²) in [5, 5.41) is 8.24. The summed E-state index contributed by atoms with van der Waals surface area (Å²) in [5.41, 5.74) is 2.40. The van der Waals surface area contributed by atoms with Crippen molar-refractivity contribution >= 4 is 39.2 Å². The lowest BCUT2D eigenvalue weighted by molar-refractivity contribution is -0.115. The Balaban J connectivity index is 1.64. The number of nitrogens with one attached hydrogen (secondary N) is 2. The number of amides is 1. The Morgan fingerprint density at radius 3 is 2.79 bits per heavy atom. The molecule has 0 bridgehead atoms. The number of carbonyl (C=O) groups excluding carboxylic acids is 2. The molecule has 1 aromatic carbocycles. The van der Waals surface area contributed by atoms with E-state index in [9.17, 15) is 9.59 Å². The maximum Gasteiger partial charge on any atom is 0.341 e. The van der Waals surface area contributed by atoms with E-state index >= 15 is 0 Å². The van der Waals surface area contributed by atoms with Crippen LogP contribution in [-0.4, -0.2) is 34.6 Å². The highest BCUT2D eigenvalue weighted by Gasteiger charge is 2.18. The number of ether oxygens (including phenoxy) is 1. The van der Waals surface area contributed by atoms with Gasteiger partial charge in [0.05, 0.1) is 35.8 Å². The molecule has 1 amide bonds. The molecule has 2 heterocycles. The van der Waals surface area contributed by atoms with Gasteiger partial charge >= 0.3 is 5.97 Å². The lowest BCUT2D eigenvalue weighted by Gasteiger charge is -2.15. The molecule has 0 radical (unpaired) electrons. The van der Waals surface area contributed by atoms with Crippen molar-refractivity contribution in [3.8, 4) is 0 Å². The largest absolute Gasteiger partial charge is 0.462 e. The number of aromatic nitrogens is 2. The van der Waals surface area contributed by atoms with E-state index in [0.717, 1.165) is 23.4 Å². The van der Waals surface area contributed by atoms with Gasteiger partial charge in [-0.1, -0.05) is 12.1 Å². The Morgan fingerprint density at radius 1 is 1.25 bits per heavy atom. The minimum absolute atomic E-state index is 0.105. The SMILES string of the molecule is CCOC(=O)c1ccsc1NC(=O)CN[C@H](C)c1nc2ccccc2n1CC. The van der Waals surface area contributed by atoms with Crippen LogP contribution in [0.4, 0.5) is 5.00 Å². The minimum atomic E-state index is -0.433. The maximum atomic E-state index is 12.4. The van der Waals surface area contributed by atoms with E-state index in [-0.39, 0.29) is 18.5 Å². The van der Waals surface area contributed by atoms with Crippen LogP contribution in [0.15, 0.2) is 35.7 Å². The molecule has 148 valence electrons. The lowest BCUT2D eigenvalue weighted by Crippen LogP contribution is -2.31. The number of carbonyl (C=O) groups is 2. The van der Waals surface area contributed by atoms with Gasteiger partial charge in [-0.25, -0.2) is 9.78 Å². The smallest absolute Gasteiger partial charge is 0.341 e. The van der Waals surface area contributed by atoms with Crippen molar-refractivity contribution in [1.29, 1.82) is 0 Å². The second-order valence-electron chi connectivity index (χ2n) is 6.24. The summed E-state index contributed by atoms with van der Waals surface area (Å²) in [5.74, 6) is 0.232. The topological polar surface area (TPSA) is 85.2 Å². The average molecular weight is 401 g/mol. The summed E-state index contributed by atoms with van der Waals surface area (Å²) in [6, 6.07) is 9.53. The van der Waals surface area contributed by atoms with Gasteiger partial charge in [-0.05, 0) is 44.4 Å². The van der Waals surface area contributed by atoms with Gasteiger partial charge in [0, 0.05) is 6.54 Å². The van der Waals surface area contributed by atoms with E-state index in [0.29, 0.717) is 17.2 Å². The first-order chi connectivity index (χ1) is 13.5. The Morgan fingerprint density at radius 2 is 2.04 bits per heavy atom. The predicted octanol–water partition coefficient (Wildman–Crippen LogP) is 3.58. The first kappa shape index (κ1) is 20.0. The molecule has 3 rings (SSSR count). The van der Waals surface area contributed by atoms with Gasteiger partial charge in [-0.3, -0.25) is 10.1 Å². The maximum absolute atomic E-state index is 12.4. The minimum Gasteiger partial charge on any atom is -0.462 e. The van der Waals surface area contributed by atoms with Gasteiger partial charge in [0.2, 0.25) is 5.91 Å². The van der Waals surface area contributed by atoms with Crippen molar-refractivity contribution in [3.05, 3.63) is 47.1 Å². The van der Waals surface area contributed by atoms with E-state index in [1.54, 1.807) is 18.4 Å². The van der Waals surface area contributed by atoms with Crippen LogP contribution in [0.2, 0.25) is 0 Å². The second kappa shape index (κ2) is 8.99. The normalized spacial score (nSPS) is 12.1. The fourth-order valence-electron chi connectivity index (χ4n) is 3.04. The number of aryl methyl sites for hydroxylation is 1. The van der Waals surface area contributed by atoms with Gasteiger partial charge < -0.3 is 14.6 Å². The van der Waals surface area contributed by atoms with Crippen LogP contribution in [0.1, 0.15) is 43.0 Å². The molecule has 2 N–H and O–H groups in total. The Bertz CT molecular complexity index is 979. The highest BCUT2D eigenvalue weighted by molar-refractivity contribution is 7.14. The zero-order valence-electron chi connectivity index (χ0n) is 16.2. The number of esters is 1. The summed E-state index contributed by atoms with van der Waals surface area (Å²) in [6.45, 7) is 7.00. The number of hydrogen-bond donors (Lipinski definition) is 2. The second-order valence-corrected chi connectivity index (χ2v) is 7.15. The molecule has 3 aromatic rings. The van der Waals surface area contributed by atoms with Crippen LogP contribution in [0, 0.1) is 0 Å². The van der Waals surface area contributed by atoms with E-state index in [1.807, 2.05) is 31.2 Å². The van der Waals surface area contributed by atoms with Crippen LogP contribution in [0.3, 0.4) is 0 Å². The lowest BCUT2D eigenvalue weighted by atomic mass is 10.3. The summed E-state index contributed by atoms with van der Waals surface area (Å²) in [4.78, 5) is 29.0. The molecule has 8 heteroatoms. The standard InChI is InChI=1S/C20H24N4O3S/c1-4-24-16-9-7-6-8-15(16)22-18(24)13(3)21-12-17(25)23-19-14(10-11-28-19)20(26)27-5-2/h6-11,13,21H,4-5,12H2,1-3H3,(H,23,25)/t13-/m1/s1. The first-order valence-electron chi connectivity index (χ1n) is 9.28. The van der Waals surface area contributed by atoms with E-state index in [4.69, 9.17) is 9.72 Å². The molecule has 28 heavy (non-hydrogen) atoms. The fraction of sp³-hybridized carbons (Fsp3) is 0.350. The Kier molecular flexibility index (Phi) is 6.43. The molecular weight excluding hydrogens is 376 g/mol. The highest BCUT2D eigenvalue weighted by atomic mass is 32.1. The van der Waals surface area contributed by atoms with Crippen molar-refractivity contribution in [2.45, 2.75) is 33.4 Å². The van der Waals surface area contributed by atoms with E-state index in [2.05, 4.69) is 22.1 Å². The van der Waals surface area contributed by atoms with Crippen LogP contribution in [0.25, 0.3) is 11.0 Å².